The van der Waals surface area contributed by atoms with E-state index in [1.165, 1.54) is 6.07 Å². The molecule has 0 unspecified atom stereocenters. The summed E-state index contributed by atoms with van der Waals surface area (Å²) in [5.74, 6) is 1.70. The third kappa shape index (κ3) is 2.62. The Hall–Kier alpha value is -1.85. The lowest BCUT2D eigenvalue weighted by molar-refractivity contribution is -0.122. The highest BCUT2D eigenvalue weighted by atomic mass is 16.1. The molecule has 2 fully saturated rings. The monoisotopic (exact) mass is 262 g/mol. The Bertz CT molecular complexity index is 542. The second-order valence-corrected chi connectivity index (χ2v) is 5.43. The maximum atomic E-state index is 11.7. The summed E-state index contributed by atoms with van der Waals surface area (Å²) in [5, 5.41) is 0. The number of carbonyl (C=O) groups excluding carboxylic acids is 1. The summed E-state index contributed by atoms with van der Waals surface area (Å²) in [6, 6.07) is 1.54. The van der Waals surface area contributed by atoms with Gasteiger partial charge in [0.1, 0.15) is 11.6 Å². The van der Waals surface area contributed by atoms with Crippen molar-refractivity contribution in [3.05, 3.63) is 22.2 Å². The van der Waals surface area contributed by atoms with Crippen LogP contribution in [0.3, 0.4) is 0 Å². The maximum Gasteiger partial charge on any atom is 0.252 e. The number of hydrogen-bond donors (Lipinski definition) is 2. The number of piperidine rings is 1. The van der Waals surface area contributed by atoms with Gasteiger partial charge in [-0.05, 0) is 25.7 Å². The zero-order chi connectivity index (χ0) is 13.4. The SMILES string of the molecule is NC(=O)C1CCN(c2cc(=O)[nH]c(C3CC3)n2)CC1. The highest BCUT2D eigenvalue weighted by Gasteiger charge is 2.28. The van der Waals surface area contributed by atoms with E-state index in [0.29, 0.717) is 5.92 Å². The first-order chi connectivity index (χ1) is 9.13. The number of H-pyrrole nitrogens is 1. The first-order valence-corrected chi connectivity index (χ1v) is 6.79. The molecule has 2 aliphatic rings. The predicted molar refractivity (Wildman–Crippen MR) is 71.0 cm³/mol. The molecule has 1 amide bonds. The lowest BCUT2D eigenvalue weighted by Gasteiger charge is -2.31. The fourth-order valence-electron chi connectivity index (χ4n) is 2.57. The Labute approximate surface area is 111 Å². The number of carbonyl (C=O) groups is 1. The molecule has 1 aliphatic carbocycles. The van der Waals surface area contributed by atoms with Crippen LogP contribution >= 0.6 is 0 Å². The molecule has 6 nitrogen and oxygen atoms in total. The molecule has 1 aromatic rings. The third-order valence-electron chi connectivity index (χ3n) is 3.93. The van der Waals surface area contributed by atoms with Gasteiger partial charge in [-0.3, -0.25) is 9.59 Å². The molecule has 0 radical (unpaired) electrons. The largest absolute Gasteiger partial charge is 0.369 e. The summed E-state index contributed by atoms with van der Waals surface area (Å²) < 4.78 is 0. The highest BCUT2D eigenvalue weighted by molar-refractivity contribution is 5.76. The number of nitrogens with two attached hydrogens (primary N) is 1. The molecule has 0 spiro atoms. The molecule has 1 aromatic heterocycles. The lowest BCUT2D eigenvalue weighted by atomic mass is 9.96. The number of rotatable bonds is 3. The highest BCUT2D eigenvalue weighted by Crippen LogP contribution is 2.38. The normalized spacial score (nSPS) is 20.5. The molecule has 0 atom stereocenters. The van der Waals surface area contributed by atoms with Crippen molar-refractivity contribution >= 4 is 11.7 Å². The molecule has 2 heterocycles. The first kappa shape index (κ1) is 12.2. The summed E-state index contributed by atoms with van der Waals surface area (Å²) in [7, 11) is 0. The van der Waals surface area contributed by atoms with Crippen molar-refractivity contribution in [1.29, 1.82) is 0 Å². The number of hydrogen-bond acceptors (Lipinski definition) is 4. The standard InChI is InChI=1S/C13H18N4O2/c14-12(19)8-3-5-17(6-4-8)10-7-11(18)16-13(15-10)9-1-2-9/h7-9H,1-6H2,(H2,14,19)(H,15,16,18). The van der Waals surface area contributed by atoms with Gasteiger partial charge in [-0.15, -0.1) is 0 Å². The van der Waals surface area contributed by atoms with Gasteiger partial charge in [0, 0.05) is 31.0 Å². The number of nitrogens with one attached hydrogen (secondary N) is 1. The first-order valence-electron chi connectivity index (χ1n) is 6.79. The Balaban J connectivity index is 1.76. The van der Waals surface area contributed by atoms with Crippen molar-refractivity contribution in [3.8, 4) is 0 Å². The van der Waals surface area contributed by atoms with Crippen LogP contribution in [0.2, 0.25) is 0 Å². The van der Waals surface area contributed by atoms with Gasteiger partial charge in [0.15, 0.2) is 0 Å². The van der Waals surface area contributed by atoms with E-state index in [2.05, 4.69) is 14.9 Å². The summed E-state index contributed by atoms with van der Waals surface area (Å²) >= 11 is 0. The molecule has 19 heavy (non-hydrogen) atoms. The Morgan fingerprint density at radius 2 is 2.00 bits per heavy atom. The maximum absolute atomic E-state index is 11.7. The second kappa shape index (κ2) is 4.68. The molecule has 102 valence electrons. The van der Waals surface area contributed by atoms with E-state index in [1.807, 2.05) is 0 Å². The van der Waals surface area contributed by atoms with Crippen molar-refractivity contribution < 1.29 is 4.79 Å². The Morgan fingerprint density at radius 1 is 1.32 bits per heavy atom. The van der Waals surface area contributed by atoms with Crippen molar-refractivity contribution in [2.45, 2.75) is 31.6 Å². The average molecular weight is 262 g/mol. The van der Waals surface area contributed by atoms with Crippen molar-refractivity contribution in [1.82, 2.24) is 9.97 Å². The summed E-state index contributed by atoms with van der Waals surface area (Å²) in [6.45, 7) is 1.46. The molecule has 1 saturated heterocycles. The van der Waals surface area contributed by atoms with E-state index in [1.54, 1.807) is 0 Å². The molecule has 0 aromatic carbocycles. The van der Waals surface area contributed by atoms with E-state index in [4.69, 9.17) is 5.73 Å². The fraction of sp³-hybridized carbons (Fsp3) is 0.615. The molecule has 1 saturated carbocycles. The number of aromatic amines is 1. The van der Waals surface area contributed by atoms with Crippen molar-refractivity contribution in [3.63, 3.8) is 0 Å². The fourth-order valence-corrected chi connectivity index (χ4v) is 2.57. The average Bonchev–Trinajstić information content (AvgIpc) is 3.22. The third-order valence-corrected chi connectivity index (χ3v) is 3.93. The van der Waals surface area contributed by atoms with Gasteiger partial charge in [0.2, 0.25) is 5.91 Å². The second-order valence-electron chi connectivity index (χ2n) is 5.43. The predicted octanol–water partition coefficient (Wildman–Crippen LogP) is 0.349. The minimum Gasteiger partial charge on any atom is -0.369 e. The lowest BCUT2D eigenvalue weighted by Crippen LogP contribution is -2.39. The van der Waals surface area contributed by atoms with Crippen LogP contribution in [0.5, 0.6) is 0 Å². The Morgan fingerprint density at radius 3 is 2.58 bits per heavy atom. The zero-order valence-electron chi connectivity index (χ0n) is 10.8. The summed E-state index contributed by atoms with van der Waals surface area (Å²) in [5.41, 5.74) is 5.23. The Kier molecular flexibility index (Phi) is 3.00. The number of anilines is 1. The number of primary amides is 1. The summed E-state index contributed by atoms with van der Waals surface area (Å²) in [6.07, 6.45) is 3.69. The number of aromatic nitrogens is 2. The van der Waals surface area contributed by atoms with Crippen LogP contribution in [0, 0.1) is 5.92 Å². The van der Waals surface area contributed by atoms with Crippen LogP contribution in [0.25, 0.3) is 0 Å². The van der Waals surface area contributed by atoms with Gasteiger partial charge in [0.25, 0.3) is 5.56 Å². The smallest absolute Gasteiger partial charge is 0.252 e. The van der Waals surface area contributed by atoms with Crippen LogP contribution in [0.1, 0.15) is 37.4 Å². The molecule has 3 rings (SSSR count). The van der Waals surface area contributed by atoms with Gasteiger partial charge in [-0.1, -0.05) is 0 Å². The van der Waals surface area contributed by atoms with E-state index < -0.39 is 0 Å². The van der Waals surface area contributed by atoms with E-state index in [0.717, 1.165) is 50.4 Å². The summed E-state index contributed by atoms with van der Waals surface area (Å²) in [4.78, 5) is 32.2. The van der Waals surface area contributed by atoms with Crippen molar-refractivity contribution in [2.75, 3.05) is 18.0 Å². The van der Waals surface area contributed by atoms with Crippen LogP contribution in [-0.4, -0.2) is 29.0 Å². The molecule has 1 aliphatic heterocycles. The van der Waals surface area contributed by atoms with Crippen LogP contribution in [0.4, 0.5) is 5.82 Å². The molecule has 0 bridgehead atoms. The zero-order valence-corrected chi connectivity index (χ0v) is 10.8. The number of nitrogens with zero attached hydrogens (tertiary/aromatic N) is 2. The van der Waals surface area contributed by atoms with Crippen LogP contribution in [-0.2, 0) is 4.79 Å². The van der Waals surface area contributed by atoms with Gasteiger partial charge >= 0.3 is 0 Å². The van der Waals surface area contributed by atoms with Crippen LogP contribution in [0.15, 0.2) is 10.9 Å². The van der Waals surface area contributed by atoms with Gasteiger partial charge in [-0.2, -0.15) is 0 Å². The van der Waals surface area contributed by atoms with E-state index in [9.17, 15) is 9.59 Å². The molecule has 3 N–H and O–H groups in total. The minimum absolute atomic E-state index is 0.0406. The number of amides is 1. The molecule has 6 heteroatoms. The van der Waals surface area contributed by atoms with Gasteiger partial charge in [-0.25, -0.2) is 4.98 Å². The topological polar surface area (TPSA) is 92.1 Å². The van der Waals surface area contributed by atoms with Gasteiger partial charge in [0.05, 0.1) is 0 Å². The van der Waals surface area contributed by atoms with E-state index >= 15 is 0 Å². The van der Waals surface area contributed by atoms with Crippen molar-refractivity contribution in [2.24, 2.45) is 11.7 Å². The molecular formula is C13H18N4O2. The van der Waals surface area contributed by atoms with Crippen LogP contribution < -0.4 is 16.2 Å². The molecular weight excluding hydrogens is 244 g/mol. The minimum atomic E-state index is -0.225. The quantitative estimate of drug-likeness (QED) is 0.822. The van der Waals surface area contributed by atoms with E-state index in [-0.39, 0.29) is 17.4 Å². The van der Waals surface area contributed by atoms with Gasteiger partial charge < -0.3 is 15.6 Å².